The van der Waals surface area contributed by atoms with E-state index in [0.717, 1.165) is 0 Å². The van der Waals surface area contributed by atoms with E-state index in [1.54, 1.807) is 38.1 Å². The molecule has 4 rings (SSSR count). The fourth-order valence-electron chi connectivity index (χ4n) is 2.87. The van der Waals surface area contributed by atoms with Gasteiger partial charge in [0.2, 0.25) is 0 Å². The molecule has 9 heteroatoms. The Bertz CT molecular complexity index is 1210. The predicted molar refractivity (Wildman–Crippen MR) is 100 cm³/mol. The summed E-state index contributed by atoms with van der Waals surface area (Å²) >= 11 is 0. The van der Waals surface area contributed by atoms with Crippen molar-refractivity contribution in [1.82, 2.24) is 10.1 Å². The van der Waals surface area contributed by atoms with Crippen molar-refractivity contribution in [2.45, 2.75) is 13.8 Å². The Morgan fingerprint density at radius 1 is 1.21 bits per heavy atom. The van der Waals surface area contributed by atoms with Gasteiger partial charge in [-0.15, -0.1) is 0 Å². The summed E-state index contributed by atoms with van der Waals surface area (Å²) in [5, 5.41) is 18.1. The lowest BCUT2D eigenvalue weighted by molar-refractivity contribution is -0.384. The number of hydrogen-bond donors (Lipinski definition) is 1. The Balaban J connectivity index is 1.80. The normalized spacial score (nSPS) is 10.9. The molecule has 3 aromatic heterocycles. The summed E-state index contributed by atoms with van der Waals surface area (Å²) in [7, 11) is 0. The van der Waals surface area contributed by atoms with Crippen LogP contribution in [-0.4, -0.2) is 21.0 Å². The average molecular weight is 378 g/mol. The van der Waals surface area contributed by atoms with Crippen LogP contribution in [0.2, 0.25) is 0 Å². The molecule has 0 aliphatic rings. The molecule has 1 amide bonds. The highest BCUT2D eigenvalue weighted by atomic mass is 16.6. The van der Waals surface area contributed by atoms with Crippen LogP contribution >= 0.6 is 0 Å². The molecule has 0 radical (unpaired) electrons. The molecule has 140 valence electrons. The number of anilines is 1. The van der Waals surface area contributed by atoms with Crippen LogP contribution in [0, 0.1) is 24.0 Å². The molecule has 0 unspecified atom stereocenters. The SMILES string of the molecule is Cc1ccc([N+](=O)[O-])cc1NC(=O)c1cc(-c2ccco2)nc2onc(C)c12. The van der Waals surface area contributed by atoms with Crippen molar-refractivity contribution in [3.05, 3.63) is 69.6 Å². The van der Waals surface area contributed by atoms with Crippen LogP contribution in [0.4, 0.5) is 11.4 Å². The number of carbonyl (C=O) groups excluding carboxylic acids is 1. The standard InChI is InChI=1S/C19H14N4O5/c1-10-5-6-12(23(25)26)8-14(10)20-18(24)13-9-15(16-4-3-7-27-16)21-19-17(13)11(2)22-28-19/h3-9H,1-2H3,(H,20,24). The van der Waals surface area contributed by atoms with Gasteiger partial charge in [0, 0.05) is 12.1 Å². The van der Waals surface area contributed by atoms with Crippen LogP contribution in [0.25, 0.3) is 22.6 Å². The smallest absolute Gasteiger partial charge is 0.271 e. The van der Waals surface area contributed by atoms with Gasteiger partial charge in [-0.1, -0.05) is 11.2 Å². The summed E-state index contributed by atoms with van der Waals surface area (Å²) in [6.45, 7) is 3.45. The highest BCUT2D eigenvalue weighted by Crippen LogP contribution is 2.29. The summed E-state index contributed by atoms with van der Waals surface area (Å²) in [5.74, 6) is 0.00615. The van der Waals surface area contributed by atoms with Gasteiger partial charge in [0.1, 0.15) is 5.69 Å². The van der Waals surface area contributed by atoms with Gasteiger partial charge in [0.25, 0.3) is 17.3 Å². The van der Waals surface area contributed by atoms with Gasteiger partial charge in [-0.25, -0.2) is 4.98 Å². The van der Waals surface area contributed by atoms with Crippen LogP contribution in [0.3, 0.4) is 0 Å². The number of nitro benzene ring substituents is 1. The molecular formula is C19H14N4O5. The highest BCUT2D eigenvalue weighted by Gasteiger charge is 2.21. The van der Waals surface area contributed by atoms with Gasteiger partial charge in [-0.05, 0) is 37.6 Å². The fraction of sp³-hybridized carbons (Fsp3) is 0.105. The molecular weight excluding hydrogens is 364 g/mol. The molecule has 0 fully saturated rings. The number of nitrogens with zero attached hydrogens (tertiary/aromatic N) is 3. The molecule has 0 aliphatic carbocycles. The van der Waals surface area contributed by atoms with Crippen LogP contribution in [0.15, 0.2) is 51.6 Å². The summed E-state index contributed by atoms with van der Waals surface area (Å²) in [5.41, 5.74) is 2.32. The lowest BCUT2D eigenvalue weighted by atomic mass is 10.1. The molecule has 9 nitrogen and oxygen atoms in total. The number of hydrogen-bond acceptors (Lipinski definition) is 7. The maximum absolute atomic E-state index is 13.0. The summed E-state index contributed by atoms with van der Waals surface area (Å²) in [6.07, 6.45) is 1.50. The summed E-state index contributed by atoms with van der Waals surface area (Å²) in [4.78, 5) is 27.9. The Labute approximate surface area is 158 Å². The van der Waals surface area contributed by atoms with E-state index in [2.05, 4.69) is 15.5 Å². The minimum atomic E-state index is -0.515. The minimum Gasteiger partial charge on any atom is -0.463 e. The van der Waals surface area contributed by atoms with Crippen molar-refractivity contribution in [2.24, 2.45) is 0 Å². The zero-order valence-corrected chi connectivity index (χ0v) is 14.9. The van der Waals surface area contributed by atoms with Crippen LogP contribution in [0.1, 0.15) is 21.6 Å². The molecule has 0 saturated heterocycles. The second-order valence-corrected chi connectivity index (χ2v) is 6.19. The van der Waals surface area contributed by atoms with Crippen molar-refractivity contribution in [2.75, 3.05) is 5.32 Å². The maximum Gasteiger partial charge on any atom is 0.271 e. The Morgan fingerprint density at radius 2 is 2.04 bits per heavy atom. The lowest BCUT2D eigenvalue weighted by Crippen LogP contribution is -2.14. The molecule has 3 heterocycles. The van der Waals surface area contributed by atoms with Crippen molar-refractivity contribution in [3.8, 4) is 11.5 Å². The van der Waals surface area contributed by atoms with E-state index >= 15 is 0 Å². The third-order valence-corrected chi connectivity index (χ3v) is 4.32. The van der Waals surface area contributed by atoms with E-state index in [1.165, 1.54) is 18.4 Å². The Morgan fingerprint density at radius 3 is 2.75 bits per heavy atom. The topological polar surface area (TPSA) is 124 Å². The largest absolute Gasteiger partial charge is 0.463 e. The molecule has 4 aromatic rings. The van der Waals surface area contributed by atoms with Crippen molar-refractivity contribution < 1.29 is 18.7 Å². The van der Waals surface area contributed by atoms with Crippen LogP contribution in [-0.2, 0) is 0 Å². The summed E-state index contributed by atoms with van der Waals surface area (Å²) in [6, 6.07) is 9.28. The highest BCUT2D eigenvalue weighted by molar-refractivity contribution is 6.13. The van der Waals surface area contributed by atoms with Crippen molar-refractivity contribution in [3.63, 3.8) is 0 Å². The van der Waals surface area contributed by atoms with E-state index in [1.807, 2.05) is 0 Å². The molecule has 28 heavy (non-hydrogen) atoms. The third-order valence-electron chi connectivity index (χ3n) is 4.32. The van der Waals surface area contributed by atoms with Gasteiger partial charge in [0.05, 0.1) is 33.5 Å². The summed E-state index contributed by atoms with van der Waals surface area (Å²) < 4.78 is 10.6. The number of benzene rings is 1. The number of aromatic nitrogens is 2. The first-order valence-corrected chi connectivity index (χ1v) is 8.31. The molecule has 0 spiro atoms. The van der Waals surface area contributed by atoms with Gasteiger partial charge >= 0.3 is 0 Å². The molecule has 0 atom stereocenters. The van der Waals surface area contributed by atoms with Gasteiger partial charge in [-0.2, -0.15) is 0 Å². The Hall–Kier alpha value is -4.01. The number of nitrogens with one attached hydrogen (secondary N) is 1. The number of aryl methyl sites for hydroxylation is 2. The molecule has 1 aromatic carbocycles. The number of furan rings is 1. The first-order valence-electron chi connectivity index (χ1n) is 8.31. The Kier molecular flexibility index (Phi) is 4.11. The van der Waals surface area contributed by atoms with E-state index < -0.39 is 10.8 Å². The lowest BCUT2D eigenvalue weighted by Gasteiger charge is -2.10. The van der Waals surface area contributed by atoms with Crippen LogP contribution in [0.5, 0.6) is 0 Å². The number of pyridine rings is 1. The number of carbonyl (C=O) groups is 1. The first-order chi connectivity index (χ1) is 13.4. The maximum atomic E-state index is 13.0. The number of nitro groups is 1. The minimum absolute atomic E-state index is 0.113. The second kappa shape index (κ2) is 6.62. The van der Waals surface area contributed by atoms with Gasteiger partial charge in [-0.3, -0.25) is 14.9 Å². The van der Waals surface area contributed by atoms with Crippen molar-refractivity contribution in [1.29, 1.82) is 0 Å². The molecule has 0 saturated carbocycles. The van der Waals surface area contributed by atoms with Gasteiger partial charge in [0.15, 0.2) is 5.76 Å². The number of amides is 1. The second-order valence-electron chi connectivity index (χ2n) is 6.19. The fourth-order valence-corrected chi connectivity index (χ4v) is 2.87. The van der Waals surface area contributed by atoms with E-state index in [-0.39, 0.29) is 17.0 Å². The average Bonchev–Trinajstić information content (AvgIpc) is 3.33. The van der Waals surface area contributed by atoms with E-state index in [0.29, 0.717) is 33.8 Å². The molecule has 0 aliphatic heterocycles. The monoisotopic (exact) mass is 378 g/mol. The quantitative estimate of drug-likeness (QED) is 0.415. The zero-order valence-electron chi connectivity index (χ0n) is 14.9. The zero-order chi connectivity index (χ0) is 19.8. The molecule has 1 N–H and O–H groups in total. The predicted octanol–water partition coefficient (Wildman–Crippen LogP) is 4.26. The van der Waals surface area contributed by atoms with E-state index in [9.17, 15) is 14.9 Å². The third kappa shape index (κ3) is 2.98. The number of fused-ring (bicyclic) bond motifs is 1. The van der Waals surface area contributed by atoms with Gasteiger partial charge < -0.3 is 14.3 Å². The number of non-ortho nitro benzene ring substituents is 1. The first kappa shape index (κ1) is 17.4. The van der Waals surface area contributed by atoms with Crippen molar-refractivity contribution >= 4 is 28.4 Å². The van der Waals surface area contributed by atoms with E-state index in [4.69, 9.17) is 8.94 Å². The number of rotatable bonds is 4. The molecule has 0 bridgehead atoms. The van der Waals surface area contributed by atoms with Crippen LogP contribution < -0.4 is 5.32 Å².